The fourth-order valence-corrected chi connectivity index (χ4v) is 3.34. The van der Waals surface area contributed by atoms with Crippen LogP contribution in [0.25, 0.3) is 0 Å². The van der Waals surface area contributed by atoms with Crippen molar-refractivity contribution < 1.29 is 19.1 Å². The first-order valence-corrected chi connectivity index (χ1v) is 8.77. The molecule has 0 radical (unpaired) electrons. The third kappa shape index (κ3) is 3.33. The van der Waals surface area contributed by atoms with E-state index in [1.807, 2.05) is 13.8 Å². The molecule has 1 atom stereocenters. The van der Waals surface area contributed by atoms with E-state index in [4.69, 9.17) is 9.47 Å². The van der Waals surface area contributed by atoms with Gasteiger partial charge < -0.3 is 19.7 Å². The highest BCUT2D eigenvalue weighted by atomic mass is 16.5. The Morgan fingerprint density at radius 2 is 2.28 bits per heavy atom. The van der Waals surface area contributed by atoms with E-state index in [9.17, 15) is 9.59 Å². The predicted octanol–water partition coefficient (Wildman–Crippen LogP) is 1.64. The number of nitrogens with zero attached hydrogens (tertiary/aromatic N) is 2. The van der Waals surface area contributed by atoms with Gasteiger partial charge in [-0.3, -0.25) is 9.59 Å². The Balaban J connectivity index is 1.75. The molecule has 1 fully saturated rings. The van der Waals surface area contributed by atoms with Gasteiger partial charge in [0.1, 0.15) is 5.60 Å². The number of carbonyl (C=O) groups is 2. The third-order valence-corrected chi connectivity index (χ3v) is 4.96. The zero-order valence-electron chi connectivity index (χ0n) is 15.1. The number of hydrogen-bond acceptors (Lipinski definition) is 5. The Kier molecular flexibility index (Phi) is 4.94. The first kappa shape index (κ1) is 17.7. The lowest BCUT2D eigenvalue weighted by atomic mass is 9.95. The van der Waals surface area contributed by atoms with Gasteiger partial charge in [-0.25, -0.2) is 4.98 Å². The maximum absolute atomic E-state index is 12.5. The van der Waals surface area contributed by atoms with Gasteiger partial charge >= 0.3 is 0 Å². The zero-order chi connectivity index (χ0) is 18.0. The molecule has 0 bridgehead atoms. The largest absolute Gasteiger partial charge is 0.481 e. The smallest absolute Gasteiger partial charge is 0.256 e. The number of methoxy groups -OCH3 is 1. The molecule has 0 aromatic carbocycles. The van der Waals surface area contributed by atoms with Gasteiger partial charge in [0.2, 0.25) is 5.88 Å². The maximum atomic E-state index is 12.5. The lowest BCUT2D eigenvalue weighted by Crippen LogP contribution is -2.48. The molecule has 3 rings (SSSR count). The van der Waals surface area contributed by atoms with Gasteiger partial charge in [0.05, 0.1) is 24.9 Å². The Labute approximate surface area is 147 Å². The summed E-state index contributed by atoms with van der Waals surface area (Å²) in [6.07, 6.45) is 2.68. The fraction of sp³-hybridized carbons (Fsp3) is 0.611. The van der Waals surface area contributed by atoms with Crippen molar-refractivity contribution in [1.82, 2.24) is 15.2 Å². The van der Waals surface area contributed by atoms with E-state index in [0.717, 1.165) is 18.5 Å². The normalized spacial score (nSPS) is 22.7. The van der Waals surface area contributed by atoms with Crippen LogP contribution in [0.4, 0.5) is 0 Å². The molecule has 3 heterocycles. The Morgan fingerprint density at radius 1 is 1.48 bits per heavy atom. The SMILES string of the molecule is CCN1Cc2nc(OC)c(CNC(=O)[C@]3(C)CCCCO3)cc2C1=O. The van der Waals surface area contributed by atoms with Crippen LogP contribution in [0, 0.1) is 0 Å². The number of fused-ring (bicyclic) bond motifs is 1. The topological polar surface area (TPSA) is 80.8 Å². The monoisotopic (exact) mass is 347 g/mol. The maximum Gasteiger partial charge on any atom is 0.256 e. The molecule has 2 aliphatic heterocycles. The third-order valence-electron chi connectivity index (χ3n) is 4.96. The van der Waals surface area contributed by atoms with Gasteiger partial charge in [-0.1, -0.05) is 0 Å². The first-order chi connectivity index (χ1) is 12.0. The van der Waals surface area contributed by atoms with Crippen LogP contribution in [-0.2, 0) is 22.6 Å². The minimum Gasteiger partial charge on any atom is -0.481 e. The molecule has 0 aliphatic carbocycles. The lowest BCUT2D eigenvalue weighted by Gasteiger charge is -2.32. The molecule has 25 heavy (non-hydrogen) atoms. The zero-order valence-corrected chi connectivity index (χ0v) is 15.1. The molecule has 1 aromatic rings. The van der Waals surface area contributed by atoms with Crippen molar-refractivity contribution in [2.24, 2.45) is 0 Å². The van der Waals surface area contributed by atoms with Crippen molar-refractivity contribution >= 4 is 11.8 Å². The van der Waals surface area contributed by atoms with Crippen molar-refractivity contribution in [3.05, 3.63) is 22.9 Å². The molecule has 1 saturated heterocycles. The fourth-order valence-electron chi connectivity index (χ4n) is 3.34. The molecule has 0 spiro atoms. The number of ether oxygens (including phenoxy) is 2. The van der Waals surface area contributed by atoms with Crippen LogP contribution in [0.5, 0.6) is 5.88 Å². The van der Waals surface area contributed by atoms with E-state index in [-0.39, 0.29) is 18.4 Å². The molecule has 2 aliphatic rings. The summed E-state index contributed by atoms with van der Waals surface area (Å²) in [6.45, 7) is 5.75. The molecular weight excluding hydrogens is 322 g/mol. The Morgan fingerprint density at radius 3 is 2.92 bits per heavy atom. The highest BCUT2D eigenvalue weighted by Crippen LogP contribution is 2.28. The molecule has 1 aromatic heterocycles. The molecule has 7 nitrogen and oxygen atoms in total. The van der Waals surface area contributed by atoms with Gasteiger partial charge in [0.25, 0.3) is 11.8 Å². The molecule has 1 N–H and O–H groups in total. The second kappa shape index (κ2) is 7.00. The number of nitrogens with one attached hydrogen (secondary N) is 1. The second-order valence-electron chi connectivity index (χ2n) is 6.69. The van der Waals surface area contributed by atoms with E-state index < -0.39 is 5.60 Å². The summed E-state index contributed by atoms with van der Waals surface area (Å²) >= 11 is 0. The van der Waals surface area contributed by atoms with Gasteiger partial charge in [-0.15, -0.1) is 0 Å². The standard InChI is InChI=1S/C18H25N3O4/c1-4-21-11-14-13(16(21)22)9-12(15(20-14)24-3)10-19-17(23)18(2)7-5-6-8-25-18/h9H,4-8,10-11H2,1-3H3,(H,19,23)/t18-/m0/s1. The summed E-state index contributed by atoms with van der Waals surface area (Å²) in [4.78, 5) is 31.1. The van der Waals surface area contributed by atoms with Crippen LogP contribution in [0.1, 0.15) is 54.7 Å². The van der Waals surface area contributed by atoms with Gasteiger partial charge in [-0.2, -0.15) is 0 Å². The summed E-state index contributed by atoms with van der Waals surface area (Å²) in [7, 11) is 1.54. The van der Waals surface area contributed by atoms with E-state index in [1.54, 1.807) is 18.1 Å². The van der Waals surface area contributed by atoms with Crippen LogP contribution < -0.4 is 10.1 Å². The number of hydrogen-bond donors (Lipinski definition) is 1. The van der Waals surface area contributed by atoms with Crippen molar-refractivity contribution in [2.75, 3.05) is 20.3 Å². The summed E-state index contributed by atoms with van der Waals surface area (Å²) in [5.41, 5.74) is 1.22. The summed E-state index contributed by atoms with van der Waals surface area (Å²) < 4.78 is 11.0. The summed E-state index contributed by atoms with van der Waals surface area (Å²) in [5, 5.41) is 2.91. The van der Waals surface area contributed by atoms with Gasteiger partial charge in [0, 0.05) is 25.3 Å². The predicted molar refractivity (Wildman–Crippen MR) is 91.3 cm³/mol. The minimum atomic E-state index is -0.787. The van der Waals surface area contributed by atoms with Crippen molar-refractivity contribution in [1.29, 1.82) is 0 Å². The van der Waals surface area contributed by atoms with E-state index in [2.05, 4.69) is 10.3 Å². The highest BCUT2D eigenvalue weighted by Gasteiger charge is 2.36. The van der Waals surface area contributed by atoms with E-state index in [0.29, 0.717) is 43.1 Å². The van der Waals surface area contributed by atoms with Crippen LogP contribution in [-0.4, -0.2) is 47.6 Å². The van der Waals surface area contributed by atoms with Crippen molar-refractivity contribution in [2.45, 2.75) is 51.8 Å². The van der Waals surface area contributed by atoms with Gasteiger partial charge in [-0.05, 0) is 39.2 Å². The number of aromatic nitrogens is 1. The van der Waals surface area contributed by atoms with Crippen LogP contribution in [0.3, 0.4) is 0 Å². The average Bonchev–Trinajstić information content (AvgIpc) is 2.94. The lowest BCUT2D eigenvalue weighted by molar-refractivity contribution is -0.150. The van der Waals surface area contributed by atoms with E-state index >= 15 is 0 Å². The Hall–Kier alpha value is -2.15. The number of rotatable bonds is 5. The van der Waals surface area contributed by atoms with Crippen LogP contribution >= 0.6 is 0 Å². The molecular formula is C18H25N3O4. The Bertz CT molecular complexity index is 683. The average molecular weight is 347 g/mol. The quantitative estimate of drug-likeness (QED) is 0.876. The molecule has 136 valence electrons. The minimum absolute atomic E-state index is 0.0252. The van der Waals surface area contributed by atoms with Crippen molar-refractivity contribution in [3.63, 3.8) is 0 Å². The van der Waals surface area contributed by atoms with Crippen LogP contribution in [0.2, 0.25) is 0 Å². The highest BCUT2D eigenvalue weighted by molar-refractivity contribution is 5.98. The molecule has 7 heteroatoms. The number of pyridine rings is 1. The number of carbonyl (C=O) groups excluding carboxylic acids is 2. The van der Waals surface area contributed by atoms with Gasteiger partial charge in [0.15, 0.2) is 0 Å². The second-order valence-corrected chi connectivity index (χ2v) is 6.69. The van der Waals surface area contributed by atoms with Crippen molar-refractivity contribution in [3.8, 4) is 5.88 Å². The summed E-state index contributed by atoms with van der Waals surface area (Å²) in [6, 6.07) is 1.78. The number of amides is 2. The van der Waals surface area contributed by atoms with Crippen LogP contribution in [0.15, 0.2) is 6.07 Å². The molecule has 0 saturated carbocycles. The summed E-state index contributed by atoms with van der Waals surface area (Å²) in [5.74, 6) is 0.276. The molecule has 2 amide bonds. The first-order valence-electron chi connectivity index (χ1n) is 8.77. The van der Waals surface area contributed by atoms with E-state index in [1.165, 1.54) is 0 Å². The molecule has 0 unspecified atom stereocenters.